The van der Waals surface area contributed by atoms with Crippen molar-refractivity contribution in [1.29, 1.82) is 0 Å². The zero-order valence-electron chi connectivity index (χ0n) is 18.1. The van der Waals surface area contributed by atoms with Gasteiger partial charge in [-0.15, -0.1) is 0 Å². The van der Waals surface area contributed by atoms with Gasteiger partial charge in [-0.3, -0.25) is 14.6 Å². The maximum absolute atomic E-state index is 11.9. The van der Waals surface area contributed by atoms with Crippen LogP contribution in [0.1, 0.15) is 47.4 Å². The van der Waals surface area contributed by atoms with Crippen LogP contribution in [0.3, 0.4) is 0 Å². The number of H-pyrrole nitrogens is 1. The highest BCUT2D eigenvalue weighted by atomic mass is 16.1. The average molecular weight is 414 g/mol. The summed E-state index contributed by atoms with van der Waals surface area (Å²) in [4.78, 5) is 31.7. The first-order chi connectivity index (χ1) is 15.0. The molecule has 2 atom stereocenters. The second kappa shape index (κ2) is 8.34. The summed E-state index contributed by atoms with van der Waals surface area (Å²) in [7, 11) is 1.62. The van der Waals surface area contributed by atoms with Gasteiger partial charge in [-0.05, 0) is 55.7 Å². The summed E-state index contributed by atoms with van der Waals surface area (Å²) < 4.78 is 0. The number of carbonyl (C=O) groups is 1. The Balaban J connectivity index is 1.67. The molecule has 2 aliphatic carbocycles. The van der Waals surface area contributed by atoms with Crippen LogP contribution in [-0.4, -0.2) is 24.2 Å². The van der Waals surface area contributed by atoms with Crippen molar-refractivity contribution < 1.29 is 4.79 Å². The van der Waals surface area contributed by atoms with E-state index in [1.807, 2.05) is 36.6 Å². The molecule has 1 aromatic heterocycles. The van der Waals surface area contributed by atoms with Crippen LogP contribution in [0.5, 0.6) is 0 Å². The maximum atomic E-state index is 11.9. The van der Waals surface area contributed by atoms with Crippen molar-refractivity contribution in [1.82, 2.24) is 10.3 Å². The average Bonchev–Trinajstić information content (AvgIpc) is 2.76. The lowest BCUT2D eigenvalue weighted by molar-refractivity contribution is 0.0963. The van der Waals surface area contributed by atoms with Crippen LogP contribution in [0.25, 0.3) is 6.08 Å². The molecule has 0 aliphatic heterocycles. The Hall–Kier alpha value is -3.47. The Morgan fingerprint density at radius 2 is 2.00 bits per heavy atom. The van der Waals surface area contributed by atoms with E-state index < -0.39 is 5.54 Å². The minimum atomic E-state index is -0.483. The molecule has 5 heteroatoms. The predicted octanol–water partition coefficient (Wildman–Crippen LogP) is 4.18. The molecule has 0 saturated carbocycles. The van der Waals surface area contributed by atoms with Gasteiger partial charge in [0.15, 0.2) is 0 Å². The fourth-order valence-electron chi connectivity index (χ4n) is 4.87. The quantitative estimate of drug-likeness (QED) is 0.583. The first-order valence-electron chi connectivity index (χ1n) is 10.6. The second-order valence-electron chi connectivity index (χ2n) is 8.16. The van der Waals surface area contributed by atoms with Gasteiger partial charge in [-0.25, -0.2) is 0 Å². The molecule has 0 radical (unpaired) electrons. The number of hydrogen-bond donors (Lipinski definition) is 2. The van der Waals surface area contributed by atoms with E-state index in [9.17, 15) is 9.59 Å². The molecule has 5 nitrogen and oxygen atoms in total. The van der Waals surface area contributed by atoms with Gasteiger partial charge in [0.1, 0.15) is 5.54 Å². The van der Waals surface area contributed by atoms with E-state index in [-0.39, 0.29) is 17.4 Å². The lowest BCUT2D eigenvalue weighted by atomic mass is 9.63. The standard InChI is InChI=1S/C26H27N3O2/c1-4-21-20-14-17(2)16-26(21,22-11-12-24(30)29-23(22)15-20)28-13-5-6-18-7-9-19(10-8-18)25(31)27-3/h4-14,20H,15-16H2,1-3H3,(H,27,31)(H,29,30)/b6-5+,21-4+,28-13?/t20-,26+/m0/s1. The predicted molar refractivity (Wildman–Crippen MR) is 125 cm³/mol. The number of nitrogens with one attached hydrogen (secondary N) is 2. The molecule has 0 unspecified atom stereocenters. The highest BCUT2D eigenvalue weighted by Crippen LogP contribution is 2.51. The van der Waals surface area contributed by atoms with Crippen molar-refractivity contribution in [2.75, 3.05) is 7.05 Å². The zero-order valence-corrected chi connectivity index (χ0v) is 18.1. The third-order valence-electron chi connectivity index (χ3n) is 6.15. The summed E-state index contributed by atoms with van der Waals surface area (Å²) in [6, 6.07) is 11.0. The Morgan fingerprint density at radius 1 is 1.23 bits per heavy atom. The number of aliphatic imine (C=N–C) groups is 1. The summed E-state index contributed by atoms with van der Waals surface area (Å²) in [5.41, 5.74) is 5.75. The zero-order chi connectivity index (χ0) is 22.0. The van der Waals surface area contributed by atoms with Gasteiger partial charge >= 0.3 is 0 Å². The van der Waals surface area contributed by atoms with Gasteiger partial charge in [0.05, 0.1) is 0 Å². The number of nitrogens with zero attached hydrogens (tertiary/aromatic N) is 1. The Kier molecular flexibility index (Phi) is 5.59. The molecule has 31 heavy (non-hydrogen) atoms. The molecule has 0 fully saturated rings. The highest BCUT2D eigenvalue weighted by Gasteiger charge is 2.46. The molecule has 158 valence electrons. The van der Waals surface area contributed by atoms with E-state index in [0.29, 0.717) is 5.56 Å². The number of aromatic amines is 1. The molecular weight excluding hydrogens is 386 g/mol. The van der Waals surface area contributed by atoms with E-state index in [0.717, 1.165) is 29.7 Å². The van der Waals surface area contributed by atoms with Gasteiger partial charge in [0.25, 0.3) is 5.91 Å². The number of allylic oxidation sites excluding steroid dienone is 3. The maximum Gasteiger partial charge on any atom is 0.251 e. The monoisotopic (exact) mass is 413 g/mol. The minimum absolute atomic E-state index is 0.0688. The molecule has 2 aromatic rings. The van der Waals surface area contributed by atoms with E-state index in [1.165, 1.54) is 11.1 Å². The van der Waals surface area contributed by atoms with E-state index in [2.05, 4.69) is 36.3 Å². The Morgan fingerprint density at radius 3 is 2.71 bits per heavy atom. The smallest absolute Gasteiger partial charge is 0.251 e. The van der Waals surface area contributed by atoms with Crippen LogP contribution in [-0.2, 0) is 12.0 Å². The summed E-state index contributed by atoms with van der Waals surface area (Å²) >= 11 is 0. The number of aromatic nitrogens is 1. The van der Waals surface area contributed by atoms with Crippen molar-refractivity contribution in [2.45, 2.75) is 32.2 Å². The number of hydrogen-bond acceptors (Lipinski definition) is 3. The molecule has 1 heterocycles. The van der Waals surface area contributed by atoms with Gasteiger partial charge in [0, 0.05) is 48.5 Å². The fraction of sp³-hybridized carbons (Fsp3) is 0.269. The molecule has 2 N–H and O–H groups in total. The second-order valence-corrected chi connectivity index (χ2v) is 8.16. The minimum Gasteiger partial charge on any atom is -0.355 e. The third kappa shape index (κ3) is 3.83. The number of benzene rings is 1. The number of fused-ring (bicyclic) bond motifs is 4. The summed E-state index contributed by atoms with van der Waals surface area (Å²) in [5, 5.41) is 2.62. The number of amides is 1. The number of carbonyl (C=O) groups excluding carboxylic acids is 1. The fourth-order valence-corrected chi connectivity index (χ4v) is 4.87. The van der Waals surface area contributed by atoms with Crippen molar-refractivity contribution in [2.24, 2.45) is 10.9 Å². The van der Waals surface area contributed by atoms with Crippen LogP contribution >= 0.6 is 0 Å². The topological polar surface area (TPSA) is 74.3 Å². The molecule has 4 rings (SSSR count). The van der Waals surface area contributed by atoms with Gasteiger partial charge in [0.2, 0.25) is 5.56 Å². The van der Waals surface area contributed by atoms with Crippen LogP contribution < -0.4 is 10.9 Å². The molecule has 1 aromatic carbocycles. The first kappa shape index (κ1) is 20.8. The first-order valence-corrected chi connectivity index (χ1v) is 10.6. The summed E-state index contributed by atoms with van der Waals surface area (Å²) in [5.74, 6) is 0.155. The summed E-state index contributed by atoms with van der Waals surface area (Å²) in [6.45, 7) is 4.23. The van der Waals surface area contributed by atoms with Gasteiger partial charge < -0.3 is 10.3 Å². The molecule has 2 bridgehead atoms. The lowest BCUT2D eigenvalue weighted by Gasteiger charge is -2.45. The van der Waals surface area contributed by atoms with Crippen molar-refractivity contribution in [3.63, 3.8) is 0 Å². The van der Waals surface area contributed by atoms with Crippen LogP contribution in [0, 0.1) is 5.92 Å². The van der Waals surface area contributed by atoms with Gasteiger partial charge in [-0.1, -0.05) is 35.9 Å². The van der Waals surface area contributed by atoms with E-state index in [4.69, 9.17) is 4.99 Å². The van der Waals surface area contributed by atoms with Crippen molar-refractivity contribution >= 4 is 18.2 Å². The van der Waals surface area contributed by atoms with E-state index >= 15 is 0 Å². The van der Waals surface area contributed by atoms with Gasteiger partial charge in [-0.2, -0.15) is 0 Å². The number of pyridine rings is 1. The highest BCUT2D eigenvalue weighted by molar-refractivity contribution is 5.94. The molecule has 0 spiro atoms. The van der Waals surface area contributed by atoms with Crippen molar-refractivity contribution in [3.05, 3.63) is 98.5 Å². The molecule has 1 amide bonds. The van der Waals surface area contributed by atoms with Crippen LogP contribution in [0.4, 0.5) is 0 Å². The largest absolute Gasteiger partial charge is 0.355 e. The SMILES string of the molecule is C/C=C1\[C@H]2C=C(C)C[C@]1(N=C/C=C/c1ccc(C(=O)NC)cc1)c1ccc(=O)[nH]c1C2. The summed E-state index contributed by atoms with van der Waals surface area (Å²) in [6.07, 6.45) is 11.8. The normalized spacial score (nSPS) is 23.8. The molecule has 2 aliphatic rings. The molecular formula is C26H27N3O2. The van der Waals surface area contributed by atoms with E-state index in [1.54, 1.807) is 25.2 Å². The molecule has 0 saturated heterocycles. The van der Waals surface area contributed by atoms with Crippen LogP contribution in [0.15, 0.2) is 75.6 Å². The van der Waals surface area contributed by atoms with Crippen LogP contribution in [0.2, 0.25) is 0 Å². The third-order valence-corrected chi connectivity index (χ3v) is 6.15. The number of rotatable bonds is 4. The lowest BCUT2D eigenvalue weighted by Crippen LogP contribution is -2.40. The van der Waals surface area contributed by atoms with Crippen molar-refractivity contribution in [3.8, 4) is 0 Å². The Labute approximate surface area is 182 Å². The Bertz CT molecular complexity index is 1180.